The van der Waals surface area contributed by atoms with E-state index in [1.54, 1.807) is 4.72 Å². The number of aliphatic carboxylic acids is 1. The van der Waals surface area contributed by atoms with Crippen molar-refractivity contribution < 1.29 is 27.9 Å². The van der Waals surface area contributed by atoms with Crippen molar-refractivity contribution in [3.05, 3.63) is 0 Å². The van der Waals surface area contributed by atoms with Gasteiger partial charge in [0, 0.05) is 6.54 Å². The molecule has 2 fully saturated rings. The predicted octanol–water partition coefficient (Wildman–Crippen LogP) is -0.228. The number of carbonyl (C=O) groups is 2. The molecule has 0 aromatic carbocycles. The van der Waals surface area contributed by atoms with Crippen molar-refractivity contribution in [1.29, 1.82) is 0 Å². The molecule has 0 radical (unpaired) electrons. The van der Waals surface area contributed by atoms with E-state index in [0.717, 1.165) is 24.3 Å². The molecule has 3 unspecified atom stereocenters. The minimum Gasteiger partial charge on any atom is -0.480 e. The van der Waals surface area contributed by atoms with Gasteiger partial charge in [0.1, 0.15) is 6.04 Å². The second-order valence-electron chi connectivity index (χ2n) is 4.81. The molecular weight excluding hydrogens is 276 g/mol. The van der Waals surface area contributed by atoms with Gasteiger partial charge in [-0.2, -0.15) is 12.7 Å². The Morgan fingerprint density at radius 3 is 2.63 bits per heavy atom. The molecule has 9 heteroatoms. The summed E-state index contributed by atoms with van der Waals surface area (Å²) in [4.78, 5) is 22.3. The summed E-state index contributed by atoms with van der Waals surface area (Å²) in [6.07, 6.45) is 1.31. The quantitative estimate of drug-likeness (QED) is 0.743. The zero-order chi connectivity index (χ0) is 14.2. The van der Waals surface area contributed by atoms with Gasteiger partial charge in [-0.1, -0.05) is 6.42 Å². The number of fused-ring (bicyclic) bond motifs is 1. The lowest BCUT2D eigenvalue weighted by Gasteiger charge is -2.23. The van der Waals surface area contributed by atoms with E-state index in [0.29, 0.717) is 6.42 Å². The lowest BCUT2D eigenvalue weighted by molar-refractivity contribution is -0.142. The Morgan fingerprint density at radius 1 is 1.37 bits per heavy atom. The molecule has 1 heterocycles. The van der Waals surface area contributed by atoms with Crippen LogP contribution in [0.3, 0.4) is 0 Å². The molecule has 108 valence electrons. The smallest absolute Gasteiger partial charge is 0.421 e. The molecule has 0 spiro atoms. The summed E-state index contributed by atoms with van der Waals surface area (Å²) >= 11 is 0. The Hall–Kier alpha value is -1.35. The summed E-state index contributed by atoms with van der Waals surface area (Å²) in [6.45, 7) is 0.133. The summed E-state index contributed by atoms with van der Waals surface area (Å²) in [5.41, 5.74) is 0. The molecule has 1 saturated heterocycles. The third-order valence-electron chi connectivity index (χ3n) is 3.81. The van der Waals surface area contributed by atoms with Crippen LogP contribution in [0.5, 0.6) is 0 Å². The highest BCUT2D eigenvalue weighted by Gasteiger charge is 2.52. The van der Waals surface area contributed by atoms with Crippen LogP contribution in [0.15, 0.2) is 0 Å². The second kappa shape index (κ2) is 4.97. The van der Waals surface area contributed by atoms with Crippen LogP contribution in [0.25, 0.3) is 0 Å². The van der Waals surface area contributed by atoms with E-state index < -0.39 is 28.3 Å². The van der Waals surface area contributed by atoms with Crippen molar-refractivity contribution >= 4 is 22.3 Å². The van der Waals surface area contributed by atoms with Crippen molar-refractivity contribution in [2.45, 2.75) is 25.3 Å². The highest BCUT2D eigenvalue weighted by Crippen LogP contribution is 2.43. The van der Waals surface area contributed by atoms with E-state index in [1.807, 2.05) is 0 Å². The van der Waals surface area contributed by atoms with E-state index in [9.17, 15) is 23.1 Å². The Kier molecular flexibility index (Phi) is 3.68. The zero-order valence-electron chi connectivity index (χ0n) is 10.4. The number of ether oxygens (including phenoxy) is 1. The number of hydrogen-bond donors (Lipinski definition) is 2. The molecule has 2 rings (SSSR count). The molecule has 0 aromatic rings. The normalized spacial score (nSPS) is 30.9. The molecule has 1 aliphatic heterocycles. The number of carboxylic acid groups (broad SMARTS) is 1. The molecule has 2 N–H and O–H groups in total. The monoisotopic (exact) mass is 292 g/mol. The SMILES string of the molecule is COC(=O)NS(=O)(=O)N1CC2CCCC2C1C(=O)O. The van der Waals surface area contributed by atoms with Crippen molar-refractivity contribution in [2.75, 3.05) is 13.7 Å². The maximum absolute atomic E-state index is 12.0. The van der Waals surface area contributed by atoms with Gasteiger partial charge >= 0.3 is 22.3 Å². The largest absolute Gasteiger partial charge is 0.480 e. The Labute approximate surface area is 110 Å². The molecule has 1 amide bonds. The number of carbonyl (C=O) groups excluding carboxylic acids is 1. The standard InChI is InChI=1S/C10H16N2O6S/c1-18-10(15)11-19(16,17)12-5-6-3-2-4-7(6)8(12)9(13)14/h6-8H,2-5H2,1H3,(H,11,15)(H,13,14). The minimum atomic E-state index is -4.18. The molecule has 19 heavy (non-hydrogen) atoms. The number of methoxy groups -OCH3 is 1. The molecule has 0 aromatic heterocycles. The fraction of sp³-hybridized carbons (Fsp3) is 0.800. The van der Waals surface area contributed by atoms with Gasteiger partial charge in [-0.3, -0.25) is 4.79 Å². The third kappa shape index (κ3) is 2.52. The zero-order valence-corrected chi connectivity index (χ0v) is 11.2. The number of amides is 1. The van der Waals surface area contributed by atoms with Gasteiger partial charge in [-0.25, -0.2) is 9.52 Å². The third-order valence-corrected chi connectivity index (χ3v) is 5.23. The number of rotatable bonds is 3. The van der Waals surface area contributed by atoms with Crippen LogP contribution < -0.4 is 4.72 Å². The summed E-state index contributed by atoms with van der Waals surface area (Å²) in [7, 11) is -3.14. The Balaban J connectivity index is 2.23. The summed E-state index contributed by atoms with van der Waals surface area (Å²) < 4.78 is 30.8. The predicted molar refractivity (Wildman–Crippen MR) is 63.4 cm³/mol. The molecular formula is C10H16N2O6S. The van der Waals surface area contributed by atoms with Gasteiger partial charge in [0.15, 0.2) is 0 Å². The second-order valence-corrected chi connectivity index (χ2v) is 6.43. The molecule has 1 saturated carbocycles. The van der Waals surface area contributed by atoms with Gasteiger partial charge in [-0.15, -0.1) is 0 Å². The van der Waals surface area contributed by atoms with Crippen molar-refractivity contribution in [2.24, 2.45) is 11.8 Å². The molecule has 8 nitrogen and oxygen atoms in total. The average Bonchev–Trinajstić information content (AvgIpc) is 2.86. The van der Waals surface area contributed by atoms with Crippen LogP contribution in [-0.4, -0.2) is 49.6 Å². The number of nitrogens with zero attached hydrogens (tertiary/aromatic N) is 1. The van der Waals surface area contributed by atoms with Crippen molar-refractivity contribution in [3.8, 4) is 0 Å². The first-order valence-electron chi connectivity index (χ1n) is 5.97. The minimum absolute atomic E-state index is 0.0512. The maximum Gasteiger partial charge on any atom is 0.421 e. The lowest BCUT2D eigenvalue weighted by atomic mass is 9.94. The van der Waals surface area contributed by atoms with Crippen molar-refractivity contribution in [1.82, 2.24) is 9.03 Å². The van der Waals surface area contributed by atoms with Crippen LogP contribution in [0, 0.1) is 11.8 Å². The van der Waals surface area contributed by atoms with E-state index in [-0.39, 0.29) is 18.4 Å². The fourth-order valence-corrected chi connectivity index (χ4v) is 4.37. The maximum atomic E-state index is 12.0. The van der Waals surface area contributed by atoms with Crippen molar-refractivity contribution in [3.63, 3.8) is 0 Å². The topological polar surface area (TPSA) is 113 Å². The highest BCUT2D eigenvalue weighted by atomic mass is 32.2. The molecule has 1 aliphatic carbocycles. The average molecular weight is 292 g/mol. The lowest BCUT2D eigenvalue weighted by Crippen LogP contribution is -2.49. The van der Waals surface area contributed by atoms with Gasteiger partial charge in [0.2, 0.25) is 0 Å². The molecule has 3 atom stereocenters. The summed E-state index contributed by atoms with van der Waals surface area (Å²) in [6, 6.07) is -1.10. The highest BCUT2D eigenvalue weighted by molar-refractivity contribution is 7.87. The Bertz CT molecular complexity index is 490. The van der Waals surface area contributed by atoms with E-state index in [2.05, 4.69) is 4.74 Å². The number of carboxylic acids is 1. The van der Waals surface area contributed by atoms with Crippen LogP contribution in [0.1, 0.15) is 19.3 Å². The first-order chi connectivity index (χ1) is 8.86. The first kappa shape index (κ1) is 14.1. The van der Waals surface area contributed by atoms with E-state index in [1.165, 1.54) is 0 Å². The van der Waals surface area contributed by atoms with Gasteiger partial charge in [0.05, 0.1) is 7.11 Å². The number of nitrogens with one attached hydrogen (secondary N) is 1. The van der Waals surface area contributed by atoms with Gasteiger partial charge < -0.3 is 9.84 Å². The number of hydrogen-bond acceptors (Lipinski definition) is 5. The van der Waals surface area contributed by atoms with Crippen LogP contribution in [-0.2, 0) is 19.7 Å². The van der Waals surface area contributed by atoms with Crippen LogP contribution in [0.4, 0.5) is 4.79 Å². The summed E-state index contributed by atoms with van der Waals surface area (Å²) in [5.74, 6) is -1.30. The fourth-order valence-electron chi connectivity index (χ4n) is 3.03. The Morgan fingerprint density at radius 2 is 2.05 bits per heavy atom. The molecule has 2 aliphatic rings. The van der Waals surface area contributed by atoms with E-state index in [4.69, 9.17) is 0 Å². The summed E-state index contributed by atoms with van der Waals surface area (Å²) in [5, 5.41) is 9.24. The van der Waals surface area contributed by atoms with Crippen LogP contribution in [0.2, 0.25) is 0 Å². The van der Waals surface area contributed by atoms with E-state index >= 15 is 0 Å². The first-order valence-corrected chi connectivity index (χ1v) is 7.41. The van der Waals surface area contributed by atoms with Gasteiger partial charge in [-0.05, 0) is 24.7 Å². The van der Waals surface area contributed by atoms with Crippen LogP contribution >= 0.6 is 0 Å². The molecule has 0 bridgehead atoms. The van der Waals surface area contributed by atoms with Gasteiger partial charge in [0.25, 0.3) is 0 Å².